The van der Waals surface area contributed by atoms with E-state index in [9.17, 15) is 4.79 Å². The highest BCUT2D eigenvalue weighted by Gasteiger charge is 2.16. The number of para-hydroxylation sites is 2. The Hall–Kier alpha value is -2.31. The molecule has 2 aromatic rings. The maximum absolute atomic E-state index is 12.2. The molecule has 1 aliphatic rings. The van der Waals surface area contributed by atoms with Crippen molar-refractivity contribution in [2.24, 2.45) is 0 Å². The molecule has 5 nitrogen and oxygen atoms in total. The number of carbonyl (C=O) groups excluding carboxylic acids is 1. The molecule has 3 rings (SSSR count). The van der Waals surface area contributed by atoms with E-state index in [2.05, 4.69) is 21.6 Å². The predicted molar refractivity (Wildman–Crippen MR) is 119 cm³/mol. The fourth-order valence-electron chi connectivity index (χ4n) is 3.27. The predicted octanol–water partition coefficient (Wildman–Crippen LogP) is 4.45. The summed E-state index contributed by atoms with van der Waals surface area (Å²) in [5, 5.41) is 6.76. The number of anilines is 2. The van der Waals surface area contributed by atoms with Crippen LogP contribution >= 0.6 is 23.8 Å². The first-order valence-electron chi connectivity index (χ1n) is 9.28. The quantitative estimate of drug-likeness (QED) is 0.704. The van der Waals surface area contributed by atoms with Gasteiger partial charge in [-0.05, 0) is 74.3 Å². The fourth-order valence-corrected chi connectivity index (χ4v) is 3.60. The van der Waals surface area contributed by atoms with Gasteiger partial charge in [-0.1, -0.05) is 23.7 Å². The zero-order valence-electron chi connectivity index (χ0n) is 16.0. The number of amides is 1. The number of nitrogens with zero attached hydrogens (tertiary/aromatic N) is 1. The summed E-state index contributed by atoms with van der Waals surface area (Å²) in [6.45, 7) is 5.74. The van der Waals surface area contributed by atoms with Crippen molar-refractivity contribution in [3.8, 4) is 5.75 Å². The third kappa shape index (κ3) is 5.14. The summed E-state index contributed by atoms with van der Waals surface area (Å²) in [6, 6.07) is 11.6. The van der Waals surface area contributed by atoms with Crippen molar-refractivity contribution < 1.29 is 9.53 Å². The third-order valence-corrected chi connectivity index (χ3v) is 5.43. The van der Waals surface area contributed by atoms with Crippen LogP contribution in [0.1, 0.15) is 24.0 Å². The number of nitrogens with one attached hydrogen (secondary N) is 2. The number of hydrogen-bond acceptors (Lipinski definition) is 4. The van der Waals surface area contributed by atoms with E-state index in [1.165, 1.54) is 12.8 Å². The SMILES string of the molecule is Cc1cc(OCC(=O)NC(=S)Nc2ccccc2N2CCCC2)cc(C)c1Cl. The third-order valence-electron chi connectivity index (χ3n) is 4.63. The van der Waals surface area contributed by atoms with Gasteiger partial charge in [0.05, 0.1) is 11.4 Å². The van der Waals surface area contributed by atoms with Crippen LogP contribution in [0.3, 0.4) is 0 Å². The number of thiocarbonyl (C=S) groups is 1. The van der Waals surface area contributed by atoms with E-state index in [0.29, 0.717) is 10.8 Å². The lowest BCUT2D eigenvalue weighted by Gasteiger charge is -2.22. The molecule has 1 heterocycles. The zero-order chi connectivity index (χ0) is 20.1. The molecule has 0 aliphatic carbocycles. The van der Waals surface area contributed by atoms with Gasteiger partial charge in [-0.25, -0.2) is 0 Å². The lowest BCUT2D eigenvalue weighted by molar-refractivity contribution is -0.121. The number of ether oxygens (including phenoxy) is 1. The van der Waals surface area contributed by atoms with Gasteiger partial charge in [0.2, 0.25) is 0 Å². The van der Waals surface area contributed by atoms with Crippen LogP contribution in [0.2, 0.25) is 5.02 Å². The standard InChI is InChI=1S/C21H24ClN3O2S/c1-14-11-16(12-15(2)20(14)22)27-13-19(26)24-21(28)23-17-7-3-4-8-18(17)25-9-5-6-10-25/h3-4,7-8,11-12H,5-6,9-10,13H2,1-2H3,(H2,23,24,26,28). The molecule has 28 heavy (non-hydrogen) atoms. The lowest BCUT2D eigenvalue weighted by Crippen LogP contribution is -2.37. The highest BCUT2D eigenvalue weighted by molar-refractivity contribution is 7.80. The molecule has 0 saturated carbocycles. The van der Waals surface area contributed by atoms with Crippen LogP contribution in [-0.2, 0) is 4.79 Å². The van der Waals surface area contributed by atoms with Crippen molar-refractivity contribution in [3.63, 3.8) is 0 Å². The van der Waals surface area contributed by atoms with E-state index in [0.717, 1.165) is 35.6 Å². The number of benzene rings is 2. The van der Waals surface area contributed by atoms with Gasteiger partial charge in [0, 0.05) is 18.1 Å². The van der Waals surface area contributed by atoms with Crippen molar-refractivity contribution in [1.82, 2.24) is 5.32 Å². The van der Waals surface area contributed by atoms with Crippen LogP contribution in [0.4, 0.5) is 11.4 Å². The Kier molecular flexibility index (Phi) is 6.75. The van der Waals surface area contributed by atoms with Crippen LogP contribution < -0.4 is 20.3 Å². The molecule has 0 spiro atoms. The van der Waals surface area contributed by atoms with Gasteiger partial charge < -0.3 is 15.0 Å². The Labute approximate surface area is 176 Å². The molecule has 0 radical (unpaired) electrons. The number of hydrogen-bond donors (Lipinski definition) is 2. The maximum Gasteiger partial charge on any atom is 0.264 e. The Morgan fingerprint density at radius 1 is 1.18 bits per heavy atom. The molecule has 1 aliphatic heterocycles. The first-order chi connectivity index (χ1) is 13.4. The molecule has 1 fully saturated rings. The van der Waals surface area contributed by atoms with Gasteiger partial charge in [0.25, 0.3) is 5.91 Å². The number of halogens is 1. The normalized spacial score (nSPS) is 13.3. The van der Waals surface area contributed by atoms with Crippen molar-refractivity contribution in [2.45, 2.75) is 26.7 Å². The fraction of sp³-hybridized carbons (Fsp3) is 0.333. The second kappa shape index (κ2) is 9.26. The van der Waals surface area contributed by atoms with Crippen molar-refractivity contribution in [1.29, 1.82) is 0 Å². The Morgan fingerprint density at radius 2 is 1.82 bits per heavy atom. The summed E-state index contributed by atoms with van der Waals surface area (Å²) < 4.78 is 5.57. The zero-order valence-corrected chi connectivity index (χ0v) is 17.6. The van der Waals surface area contributed by atoms with E-state index >= 15 is 0 Å². The minimum atomic E-state index is -0.318. The van der Waals surface area contributed by atoms with Gasteiger partial charge in [-0.15, -0.1) is 0 Å². The van der Waals surface area contributed by atoms with Gasteiger partial charge >= 0.3 is 0 Å². The van der Waals surface area contributed by atoms with Crippen LogP contribution in [-0.4, -0.2) is 30.7 Å². The summed E-state index contributed by atoms with van der Waals surface area (Å²) >= 11 is 11.5. The van der Waals surface area contributed by atoms with E-state index in [1.807, 2.05) is 44.2 Å². The largest absolute Gasteiger partial charge is 0.484 e. The average molecular weight is 418 g/mol. The van der Waals surface area contributed by atoms with E-state index in [-0.39, 0.29) is 17.6 Å². The molecule has 1 amide bonds. The Morgan fingerprint density at radius 3 is 2.50 bits per heavy atom. The smallest absolute Gasteiger partial charge is 0.264 e. The number of aryl methyl sites for hydroxylation is 2. The topological polar surface area (TPSA) is 53.6 Å². The first kappa shape index (κ1) is 20.4. The van der Waals surface area contributed by atoms with Crippen molar-refractivity contribution >= 4 is 46.2 Å². The summed E-state index contributed by atoms with van der Waals surface area (Å²) in [5.74, 6) is 0.286. The van der Waals surface area contributed by atoms with Crippen molar-refractivity contribution in [2.75, 3.05) is 29.9 Å². The van der Waals surface area contributed by atoms with E-state index in [4.69, 9.17) is 28.6 Å². The second-order valence-electron chi connectivity index (χ2n) is 6.87. The molecule has 0 atom stereocenters. The Balaban J connectivity index is 1.55. The van der Waals surface area contributed by atoms with Crippen LogP contribution in [0, 0.1) is 13.8 Å². The molecule has 0 bridgehead atoms. The first-order valence-corrected chi connectivity index (χ1v) is 10.1. The van der Waals surface area contributed by atoms with Crippen LogP contribution in [0.25, 0.3) is 0 Å². The molecular weight excluding hydrogens is 394 g/mol. The molecule has 2 aromatic carbocycles. The van der Waals surface area contributed by atoms with Crippen LogP contribution in [0.15, 0.2) is 36.4 Å². The summed E-state index contributed by atoms with van der Waals surface area (Å²) in [6.07, 6.45) is 2.38. The van der Waals surface area contributed by atoms with Crippen molar-refractivity contribution in [3.05, 3.63) is 52.5 Å². The van der Waals surface area contributed by atoms with Gasteiger partial charge in [0.15, 0.2) is 11.7 Å². The molecule has 1 saturated heterocycles. The molecule has 148 valence electrons. The van der Waals surface area contributed by atoms with Gasteiger partial charge in [0.1, 0.15) is 5.75 Å². The Bertz CT molecular complexity index is 859. The highest BCUT2D eigenvalue weighted by atomic mass is 35.5. The molecule has 0 unspecified atom stereocenters. The summed E-state index contributed by atoms with van der Waals surface area (Å²) in [5.41, 5.74) is 3.81. The highest BCUT2D eigenvalue weighted by Crippen LogP contribution is 2.28. The molecule has 2 N–H and O–H groups in total. The second-order valence-corrected chi connectivity index (χ2v) is 7.66. The van der Waals surface area contributed by atoms with Gasteiger partial charge in [-0.2, -0.15) is 0 Å². The molecular formula is C21H24ClN3O2S. The monoisotopic (exact) mass is 417 g/mol. The minimum absolute atomic E-state index is 0.129. The minimum Gasteiger partial charge on any atom is -0.484 e. The van der Waals surface area contributed by atoms with E-state index < -0.39 is 0 Å². The lowest BCUT2D eigenvalue weighted by atomic mass is 10.1. The number of rotatable bonds is 5. The average Bonchev–Trinajstić information content (AvgIpc) is 3.19. The van der Waals surface area contributed by atoms with E-state index in [1.54, 1.807) is 0 Å². The molecule has 7 heteroatoms. The van der Waals surface area contributed by atoms with Gasteiger partial charge in [-0.3, -0.25) is 10.1 Å². The summed E-state index contributed by atoms with van der Waals surface area (Å²) in [4.78, 5) is 14.5. The maximum atomic E-state index is 12.2. The summed E-state index contributed by atoms with van der Waals surface area (Å²) in [7, 11) is 0. The molecule has 0 aromatic heterocycles. The van der Waals surface area contributed by atoms with Crippen LogP contribution in [0.5, 0.6) is 5.75 Å². The number of carbonyl (C=O) groups is 1.